The summed E-state index contributed by atoms with van der Waals surface area (Å²) in [5.41, 5.74) is -0.340. The Kier molecular flexibility index (Phi) is 2.71. The molecule has 0 fully saturated rings. The van der Waals surface area contributed by atoms with Crippen molar-refractivity contribution < 1.29 is 15.1 Å². The summed E-state index contributed by atoms with van der Waals surface area (Å²) in [5.74, 6) is -0.709. The maximum atomic E-state index is 10.3. The molecule has 5 heteroatoms. The number of rotatable bonds is 2. The minimum absolute atomic E-state index is 0.0571. The number of para-hydroxylation sites is 1. The van der Waals surface area contributed by atoms with Crippen molar-refractivity contribution in [1.82, 2.24) is 0 Å². The van der Waals surface area contributed by atoms with Gasteiger partial charge in [0.05, 0.1) is 10.5 Å². The van der Waals surface area contributed by atoms with Crippen molar-refractivity contribution in [2.45, 2.75) is 6.92 Å². The first-order valence-electron chi connectivity index (χ1n) is 3.86. The molecular weight excluding hydrogens is 186 g/mol. The maximum absolute atomic E-state index is 10.3. The first-order chi connectivity index (χ1) is 6.54. The molecule has 0 aliphatic heterocycles. The Morgan fingerprint density at radius 1 is 1.43 bits per heavy atom. The number of aromatic hydroxyl groups is 1. The Labute approximate surface area is 80.1 Å². The summed E-state index contributed by atoms with van der Waals surface area (Å²) >= 11 is 0. The fourth-order valence-corrected chi connectivity index (χ4v) is 0.955. The Morgan fingerprint density at radius 3 is 2.50 bits per heavy atom. The first kappa shape index (κ1) is 10.0. The highest BCUT2D eigenvalue weighted by Crippen LogP contribution is 2.24. The molecule has 74 valence electrons. The molecule has 0 saturated heterocycles. The van der Waals surface area contributed by atoms with E-state index in [2.05, 4.69) is 0 Å². The molecule has 0 amide bonds. The average Bonchev–Trinajstić information content (AvgIpc) is 2.16. The number of nitrogens with zero attached hydrogens (tertiary/aromatic N) is 1. The summed E-state index contributed by atoms with van der Waals surface area (Å²) in [5, 5.41) is 29.0. The van der Waals surface area contributed by atoms with Gasteiger partial charge in [0, 0.05) is 6.92 Å². The lowest BCUT2D eigenvalue weighted by Gasteiger charge is -2.02. The molecule has 0 unspecified atom stereocenters. The van der Waals surface area contributed by atoms with Crippen molar-refractivity contribution in [2.75, 3.05) is 0 Å². The Balaban J connectivity index is 3.25. The molecule has 0 atom stereocenters. The smallest absolute Gasteiger partial charge is 0.285 e. The largest absolute Gasteiger partial charge is 0.507 e. The van der Waals surface area contributed by atoms with Crippen LogP contribution in [0.2, 0.25) is 0 Å². The average molecular weight is 195 g/mol. The van der Waals surface area contributed by atoms with Crippen LogP contribution in [0.3, 0.4) is 0 Å². The predicted molar refractivity (Wildman–Crippen MR) is 50.3 cm³/mol. The summed E-state index contributed by atoms with van der Waals surface area (Å²) in [7, 11) is 0. The molecule has 0 saturated carbocycles. The summed E-state index contributed by atoms with van der Waals surface area (Å²) in [4.78, 5) is 9.62. The predicted octanol–water partition coefficient (Wildman–Crippen LogP) is 1.92. The van der Waals surface area contributed by atoms with Crippen molar-refractivity contribution >= 4 is 5.76 Å². The molecule has 1 aromatic rings. The lowest BCUT2D eigenvalue weighted by molar-refractivity contribution is -0.424. The summed E-state index contributed by atoms with van der Waals surface area (Å²) in [6.07, 6.45) is 0. The van der Waals surface area contributed by atoms with E-state index in [1.807, 2.05) is 0 Å². The molecule has 0 heterocycles. The molecule has 1 aromatic carbocycles. The number of phenols is 1. The van der Waals surface area contributed by atoms with E-state index >= 15 is 0 Å². The van der Waals surface area contributed by atoms with E-state index in [9.17, 15) is 20.3 Å². The van der Waals surface area contributed by atoms with Crippen molar-refractivity contribution in [1.29, 1.82) is 0 Å². The van der Waals surface area contributed by atoms with E-state index in [1.54, 1.807) is 12.1 Å². The van der Waals surface area contributed by atoms with Crippen LogP contribution in [0.15, 0.2) is 30.0 Å². The van der Waals surface area contributed by atoms with Gasteiger partial charge in [-0.1, -0.05) is 12.1 Å². The van der Waals surface area contributed by atoms with Gasteiger partial charge >= 0.3 is 0 Å². The molecule has 14 heavy (non-hydrogen) atoms. The second-order valence-corrected chi connectivity index (χ2v) is 2.71. The van der Waals surface area contributed by atoms with E-state index in [-0.39, 0.29) is 11.3 Å². The molecule has 0 aliphatic carbocycles. The number of hydrogen-bond acceptors (Lipinski definition) is 4. The van der Waals surface area contributed by atoms with Crippen molar-refractivity contribution in [3.05, 3.63) is 45.6 Å². The van der Waals surface area contributed by atoms with Crippen LogP contribution >= 0.6 is 0 Å². The third-order valence-electron chi connectivity index (χ3n) is 1.78. The quantitative estimate of drug-likeness (QED) is 0.429. The van der Waals surface area contributed by atoms with E-state index < -0.39 is 16.4 Å². The fourth-order valence-electron chi connectivity index (χ4n) is 0.955. The minimum atomic E-state index is -0.707. The molecule has 0 spiro atoms. The van der Waals surface area contributed by atoms with Gasteiger partial charge in [0.1, 0.15) is 5.75 Å². The zero-order valence-corrected chi connectivity index (χ0v) is 7.47. The highest BCUT2D eigenvalue weighted by Gasteiger charge is 2.15. The maximum Gasteiger partial charge on any atom is 0.285 e. The summed E-state index contributed by atoms with van der Waals surface area (Å²) in [6, 6.07) is 5.88. The summed E-state index contributed by atoms with van der Waals surface area (Å²) in [6.45, 7) is 1.17. The standard InChI is InChI=1S/C9H9NO4/c1-6(10(13)14)9(12)7-4-2-3-5-8(7)11/h2-5,11-12H,1H3. The van der Waals surface area contributed by atoms with Crippen molar-refractivity contribution in [3.63, 3.8) is 0 Å². The number of hydrogen-bond donors (Lipinski definition) is 2. The number of nitro groups is 1. The van der Waals surface area contributed by atoms with Gasteiger partial charge in [-0.15, -0.1) is 0 Å². The second-order valence-electron chi connectivity index (χ2n) is 2.71. The van der Waals surface area contributed by atoms with E-state index in [0.717, 1.165) is 0 Å². The number of benzene rings is 1. The van der Waals surface area contributed by atoms with Crippen LogP contribution in [0.4, 0.5) is 0 Å². The van der Waals surface area contributed by atoms with Gasteiger partial charge in [-0.25, -0.2) is 0 Å². The van der Waals surface area contributed by atoms with Gasteiger partial charge in [0.2, 0.25) is 0 Å². The monoisotopic (exact) mass is 195 g/mol. The van der Waals surface area contributed by atoms with Crippen LogP contribution in [0.25, 0.3) is 5.76 Å². The number of allylic oxidation sites excluding steroid dienone is 1. The summed E-state index contributed by atoms with van der Waals surface area (Å²) < 4.78 is 0. The van der Waals surface area contributed by atoms with Gasteiger partial charge in [-0.3, -0.25) is 10.1 Å². The second kappa shape index (κ2) is 3.78. The topological polar surface area (TPSA) is 83.6 Å². The van der Waals surface area contributed by atoms with Gasteiger partial charge in [-0.05, 0) is 12.1 Å². The van der Waals surface area contributed by atoms with Crippen LogP contribution in [0, 0.1) is 10.1 Å². The molecule has 0 aliphatic rings. The first-order valence-corrected chi connectivity index (χ1v) is 3.86. The third-order valence-corrected chi connectivity index (χ3v) is 1.78. The molecule has 2 N–H and O–H groups in total. The highest BCUT2D eigenvalue weighted by molar-refractivity contribution is 5.65. The van der Waals surface area contributed by atoms with Gasteiger partial charge in [-0.2, -0.15) is 0 Å². The molecule has 0 bridgehead atoms. The highest BCUT2D eigenvalue weighted by atomic mass is 16.6. The van der Waals surface area contributed by atoms with Crippen LogP contribution in [0.5, 0.6) is 5.75 Å². The Hall–Kier alpha value is -2.04. The Morgan fingerprint density at radius 2 is 2.00 bits per heavy atom. The van der Waals surface area contributed by atoms with E-state index in [0.29, 0.717) is 0 Å². The minimum Gasteiger partial charge on any atom is -0.507 e. The molecule has 5 nitrogen and oxygen atoms in total. The van der Waals surface area contributed by atoms with Crippen LogP contribution < -0.4 is 0 Å². The number of phenolic OH excluding ortho intramolecular Hbond substituents is 1. The lowest BCUT2D eigenvalue weighted by atomic mass is 10.1. The fraction of sp³-hybridized carbons (Fsp3) is 0.111. The zero-order chi connectivity index (χ0) is 10.7. The van der Waals surface area contributed by atoms with Gasteiger partial charge in [0.15, 0.2) is 5.76 Å². The number of aliphatic hydroxyl groups is 1. The molecule has 0 aromatic heterocycles. The van der Waals surface area contributed by atoms with E-state index in [1.165, 1.54) is 19.1 Å². The molecular formula is C9H9NO4. The van der Waals surface area contributed by atoms with Gasteiger partial charge < -0.3 is 10.2 Å². The van der Waals surface area contributed by atoms with Crippen LogP contribution in [-0.4, -0.2) is 15.1 Å². The van der Waals surface area contributed by atoms with Gasteiger partial charge in [0.25, 0.3) is 5.70 Å². The third kappa shape index (κ3) is 1.82. The molecule has 1 rings (SSSR count). The van der Waals surface area contributed by atoms with Crippen LogP contribution in [0.1, 0.15) is 12.5 Å². The van der Waals surface area contributed by atoms with Crippen molar-refractivity contribution in [2.24, 2.45) is 0 Å². The van der Waals surface area contributed by atoms with Crippen LogP contribution in [-0.2, 0) is 0 Å². The van der Waals surface area contributed by atoms with Crippen molar-refractivity contribution in [3.8, 4) is 5.75 Å². The normalized spacial score (nSPS) is 12.1. The number of aliphatic hydroxyl groups excluding tert-OH is 1. The Bertz CT molecular complexity index is 398. The molecule has 0 radical (unpaired) electrons. The SMILES string of the molecule is CC(=C(O)c1ccccc1O)[N+](=O)[O-]. The zero-order valence-electron chi connectivity index (χ0n) is 7.47. The lowest BCUT2D eigenvalue weighted by Crippen LogP contribution is -1.98. The van der Waals surface area contributed by atoms with E-state index in [4.69, 9.17) is 0 Å².